The summed E-state index contributed by atoms with van der Waals surface area (Å²) < 4.78 is 0. The summed E-state index contributed by atoms with van der Waals surface area (Å²) in [5, 5.41) is 2.72. The molecule has 3 aromatic rings. The summed E-state index contributed by atoms with van der Waals surface area (Å²) in [7, 11) is 0. The van der Waals surface area contributed by atoms with E-state index < -0.39 is 29.7 Å². The van der Waals surface area contributed by atoms with Gasteiger partial charge in [-0.15, -0.1) is 0 Å². The molecule has 1 unspecified atom stereocenters. The van der Waals surface area contributed by atoms with Crippen LogP contribution in [0.5, 0.6) is 0 Å². The van der Waals surface area contributed by atoms with Crippen LogP contribution in [-0.2, 0) is 27.5 Å². The molecule has 5 amide bonds. The van der Waals surface area contributed by atoms with Gasteiger partial charge in [-0.3, -0.25) is 43.9 Å². The van der Waals surface area contributed by atoms with E-state index in [-0.39, 0.29) is 53.5 Å². The molecule has 13 nitrogen and oxygen atoms in total. The van der Waals surface area contributed by atoms with Gasteiger partial charge in [-0.2, -0.15) is 0 Å². The van der Waals surface area contributed by atoms with Gasteiger partial charge in [0.1, 0.15) is 6.04 Å². The lowest BCUT2D eigenvalue weighted by molar-refractivity contribution is -0.136. The van der Waals surface area contributed by atoms with Crippen molar-refractivity contribution in [3.05, 3.63) is 98.9 Å². The average molecular weight is 816 g/mol. The first-order valence-corrected chi connectivity index (χ1v) is 21.0. The molecule has 9 rings (SSSR count). The lowest BCUT2D eigenvalue weighted by Crippen LogP contribution is -2.54. The molecule has 1 N–H and O–H groups in total. The van der Waals surface area contributed by atoms with Gasteiger partial charge in [-0.25, -0.2) is 4.85 Å². The summed E-state index contributed by atoms with van der Waals surface area (Å²) in [6, 6.07) is 16.5. The Morgan fingerprint density at radius 1 is 0.864 bits per heavy atom. The molecule has 6 aliphatic rings. The van der Waals surface area contributed by atoms with Crippen molar-refractivity contribution in [1.29, 1.82) is 0 Å². The van der Waals surface area contributed by atoms with Crippen molar-refractivity contribution >= 4 is 64.0 Å². The zero-order valence-electron chi connectivity index (χ0n) is 33.0. The number of amides is 5. The highest BCUT2D eigenvalue weighted by Gasteiger charge is 2.46. The molecule has 0 aliphatic carbocycles. The molecular formula is C45H46ClN7O6. The van der Waals surface area contributed by atoms with E-state index in [9.17, 15) is 28.8 Å². The first-order chi connectivity index (χ1) is 28.4. The lowest BCUT2D eigenvalue weighted by atomic mass is 9.76. The summed E-state index contributed by atoms with van der Waals surface area (Å²) in [5.41, 5.74) is 5.68. The van der Waals surface area contributed by atoms with E-state index in [0.717, 1.165) is 71.9 Å². The van der Waals surface area contributed by atoms with E-state index in [1.54, 1.807) is 17.0 Å². The van der Waals surface area contributed by atoms with Gasteiger partial charge in [0.2, 0.25) is 23.4 Å². The number of likely N-dealkylation sites (tertiary alicyclic amines) is 1. The Morgan fingerprint density at radius 2 is 1.51 bits per heavy atom. The van der Waals surface area contributed by atoms with Crippen LogP contribution in [0, 0.1) is 17.9 Å². The summed E-state index contributed by atoms with van der Waals surface area (Å²) in [4.78, 5) is 90.8. The Hall–Kier alpha value is -5.58. The number of piperidine rings is 3. The number of Topliss-reactive ketones (excluding diaryl/α,β-unsaturated/α-hetero) is 1. The number of fused-ring (bicyclic) bond motifs is 2. The SMILES string of the molecule is [C-]#[N+]c1ccc(N2CC3(CCN(c4ccc(C(=O)C5CCN(CC(=O)N6Cc7cc8c(cc7C6)C(=O)N(C6CCC(=O)NC6=O)C8=O)CC5)cc4)CC3)C[C@@H]2C)cc1Cl. The standard InChI is InChI=1S/C45H46ClN7O6/c1-27-22-45(26-52(27)33-7-8-37(47-2)36(46)21-33)13-17-50(18-14-45)32-5-3-28(4-6-32)41(56)29-11-15-49(16-12-29)25-40(55)51-23-30-19-34-35(20-31(30)24-51)44(59)53(43(34)58)38-9-10-39(54)48-42(38)57/h3-8,19-21,27,29,38H,9-18,22-26H2,1H3,(H,48,54,57)/t27-,38?/m0/s1. The number of anilines is 2. The number of halogens is 1. The number of rotatable bonds is 7. The van der Waals surface area contributed by atoms with Crippen LogP contribution in [0.15, 0.2) is 54.6 Å². The van der Waals surface area contributed by atoms with Crippen molar-refractivity contribution < 1.29 is 28.8 Å². The summed E-state index contributed by atoms with van der Waals surface area (Å²) in [6.07, 6.45) is 4.80. The molecule has 14 heteroatoms. The quantitative estimate of drug-likeness (QED) is 0.184. The van der Waals surface area contributed by atoms with Crippen LogP contribution in [0.3, 0.4) is 0 Å². The fourth-order valence-corrected chi connectivity index (χ4v) is 10.5. The first-order valence-electron chi connectivity index (χ1n) is 20.6. The van der Waals surface area contributed by atoms with Crippen molar-refractivity contribution in [2.45, 2.75) is 77.0 Å². The minimum Gasteiger partial charge on any atom is -0.371 e. The normalized spacial score (nSPS) is 23.1. The zero-order valence-corrected chi connectivity index (χ0v) is 33.8. The maximum absolute atomic E-state index is 13.6. The fraction of sp³-hybridized carbons (Fsp3) is 0.444. The van der Waals surface area contributed by atoms with E-state index in [0.29, 0.717) is 55.8 Å². The highest BCUT2D eigenvalue weighted by atomic mass is 35.5. The molecule has 6 heterocycles. The van der Waals surface area contributed by atoms with E-state index in [1.165, 1.54) is 0 Å². The van der Waals surface area contributed by atoms with Crippen LogP contribution < -0.4 is 15.1 Å². The van der Waals surface area contributed by atoms with Gasteiger partial charge in [0.25, 0.3) is 11.8 Å². The third kappa shape index (κ3) is 7.16. The van der Waals surface area contributed by atoms with Crippen molar-refractivity contribution in [2.75, 3.05) is 49.1 Å². The van der Waals surface area contributed by atoms with Crippen molar-refractivity contribution in [2.24, 2.45) is 11.3 Å². The van der Waals surface area contributed by atoms with Crippen LogP contribution in [0.25, 0.3) is 4.85 Å². The van der Waals surface area contributed by atoms with Gasteiger partial charge in [0, 0.05) is 73.1 Å². The van der Waals surface area contributed by atoms with E-state index in [4.69, 9.17) is 18.2 Å². The predicted molar refractivity (Wildman–Crippen MR) is 220 cm³/mol. The second-order valence-electron chi connectivity index (χ2n) is 17.2. The number of hydrogen-bond acceptors (Lipinski definition) is 9. The van der Waals surface area contributed by atoms with Crippen LogP contribution in [-0.4, -0.2) is 101 Å². The molecule has 2 atom stereocenters. The number of carbonyl (C=O) groups excluding carboxylic acids is 6. The van der Waals surface area contributed by atoms with Gasteiger partial charge in [-0.1, -0.05) is 17.7 Å². The number of ketones is 1. The molecule has 6 aliphatic heterocycles. The molecule has 0 saturated carbocycles. The monoisotopic (exact) mass is 815 g/mol. The molecule has 1 spiro atoms. The third-order valence-electron chi connectivity index (χ3n) is 13.6. The fourth-order valence-electron chi connectivity index (χ4n) is 10.3. The maximum atomic E-state index is 13.6. The van der Waals surface area contributed by atoms with E-state index in [1.807, 2.05) is 30.3 Å². The predicted octanol–water partition coefficient (Wildman–Crippen LogP) is 5.61. The largest absolute Gasteiger partial charge is 0.371 e. The Kier molecular flexibility index (Phi) is 10.0. The number of benzene rings is 3. The lowest BCUT2D eigenvalue weighted by Gasteiger charge is -2.40. The number of nitrogens with one attached hydrogen (secondary N) is 1. The molecule has 4 fully saturated rings. The van der Waals surface area contributed by atoms with Crippen LogP contribution in [0.2, 0.25) is 5.02 Å². The highest BCUT2D eigenvalue weighted by molar-refractivity contribution is 6.33. The highest BCUT2D eigenvalue weighted by Crippen LogP contribution is 2.46. The van der Waals surface area contributed by atoms with Crippen molar-refractivity contribution in [3.8, 4) is 0 Å². The molecule has 0 radical (unpaired) electrons. The maximum Gasteiger partial charge on any atom is 0.262 e. The van der Waals surface area contributed by atoms with E-state index in [2.05, 4.69) is 43.9 Å². The summed E-state index contributed by atoms with van der Waals surface area (Å²) in [5.74, 6) is -2.19. The Morgan fingerprint density at radius 3 is 2.12 bits per heavy atom. The molecule has 59 heavy (non-hydrogen) atoms. The molecule has 4 saturated heterocycles. The minimum absolute atomic E-state index is 0.0508. The summed E-state index contributed by atoms with van der Waals surface area (Å²) >= 11 is 6.38. The van der Waals surface area contributed by atoms with E-state index >= 15 is 0 Å². The zero-order chi connectivity index (χ0) is 41.2. The second-order valence-corrected chi connectivity index (χ2v) is 17.6. The third-order valence-corrected chi connectivity index (χ3v) is 13.9. The average Bonchev–Trinajstić information content (AvgIpc) is 3.88. The molecule has 0 aromatic heterocycles. The van der Waals surface area contributed by atoms with Crippen LogP contribution in [0.1, 0.15) is 94.1 Å². The second kappa shape index (κ2) is 15.2. The Bertz CT molecular complexity index is 2280. The first kappa shape index (κ1) is 38.9. The van der Waals surface area contributed by atoms with Gasteiger partial charge < -0.3 is 14.7 Å². The number of nitrogens with zero attached hydrogens (tertiary/aromatic N) is 6. The summed E-state index contributed by atoms with van der Waals surface area (Å²) in [6.45, 7) is 14.6. The van der Waals surface area contributed by atoms with Crippen molar-refractivity contribution in [1.82, 2.24) is 20.0 Å². The number of imide groups is 2. The van der Waals surface area contributed by atoms with Gasteiger partial charge in [0.05, 0.1) is 24.2 Å². The molecule has 3 aromatic carbocycles. The number of hydrogen-bond donors (Lipinski definition) is 1. The van der Waals surface area contributed by atoms with Crippen LogP contribution >= 0.6 is 11.6 Å². The van der Waals surface area contributed by atoms with Gasteiger partial charge in [0.15, 0.2) is 5.78 Å². The van der Waals surface area contributed by atoms with Crippen molar-refractivity contribution in [3.63, 3.8) is 0 Å². The van der Waals surface area contributed by atoms with Crippen LogP contribution in [0.4, 0.5) is 17.1 Å². The topological polar surface area (TPSA) is 135 Å². The Labute approximate surface area is 348 Å². The van der Waals surface area contributed by atoms with Gasteiger partial charge >= 0.3 is 0 Å². The minimum atomic E-state index is -1.02. The number of carbonyl (C=O) groups is 6. The molecular weight excluding hydrogens is 770 g/mol. The molecule has 0 bridgehead atoms. The smallest absolute Gasteiger partial charge is 0.262 e. The Balaban J connectivity index is 0.739. The van der Waals surface area contributed by atoms with Gasteiger partial charge in [-0.05, 0) is 124 Å². The molecule has 304 valence electrons.